The number of nitrogens with zero attached hydrogens (tertiary/aromatic N) is 2. The molecule has 420 valence electrons. The van der Waals surface area contributed by atoms with E-state index in [0.717, 1.165) is 68.0 Å². The molecule has 14 aromatic rings. The molecule has 2 aliphatic carbocycles. The number of ether oxygens (including phenoxy) is 2. The fourth-order valence-electron chi connectivity index (χ4n) is 16.7. The van der Waals surface area contributed by atoms with Crippen LogP contribution in [0.4, 0.5) is 34.1 Å². The Balaban J connectivity index is 0.795. The molecule has 0 atom stereocenters. The third-order valence-corrected chi connectivity index (χ3v) is 20.4. The van der Waals surface area contributed by atoms with Gasteiger partial charge in [0.2, 0.25) is 0 Å². The average molecular weight is 1150 g/mol. The van der Waals surface area contributed by atoms with Gasteiger partial charge in [0.05, 0.1) is 16.8 Å². The van der Waals surface area contributed by atoms with Crippen LogP contribution in [-0.2, 0) is 5.41 Å². The Morgan fingerprint density at radius 3 is 1.01 bits per heavy atom. The summed E-state index contributed by atoms with van der Waals surface area (Å²) in [6.07, 6.45) is 0. The van der Waals surface area contributed by atoms with Crippen LogP contribution in [0.15, 0.2) is 315 Å². The molecule has 0 saturated carbocycles. The van der Waals surface area contributed by atoms with Crippen LogP contribution in [0, 0.1) is 0 Å². The van der Waals surface area contributed by atoms with Gasteiger partial charge in [-0.05, 0) is 171 Å². The van der Waals surface area contributed by atoms with Gasteiger partial charge < -0.3 is 19.3 Å². The highest BCUT2D eigenvalue weighted by molar-refractivity contribution is 7.00. The van der Waals surface area contributed by atoms with Crippen molar-refractivity contribution in [3.8, 4) is 89.8 Å². The molecule has 14 aromatic carbocycles. The summed E-state index contributed by atoms with van der Waals surface area (Å²) >= 11 is 0. The molecule has 1 spiro atoms. The van der Waals surface area contributed by atoms with Gasteiger partial charge in [0.25, 0.3) is 13.4 Å². The summed E-state index contributed by atoms with van der Waals surface area (Å²) in [7, 11) is 0. The predicted octanol–water partition coefficient (Wildman–Crippen LogP) is 17.5. The number of hydrogen-bond acceptors (Lipinski definition) is 4. The number of fused-ring (bicyclic) bond motifs is 18. The van der Waals surface area contributed by atoms with Gasteiger partial charge in [-0.2, -0.15) is 0 Å². The Bertz CT molecular complexity index is 5060. The van der Waals surface area contributed by atoms with Gasteiger partial charge in [0.15, 0.2) is 0 Å². The molecular formula is C85H52B2N2O2. The number of hydrogen-bond donors (Lipinski definition) is 0. The standard InChI is InChI=1S/C85H52B2N2O2/c1-5-23-53(24-6-1)57-43-45-75-69(47-57)86-71-49-63-61-33-13-17-35-65(61)85(67(63)51-81(71)90-79-41-21-39-77(83(79)86)88(75)73-37-19-15-31-59(73)55-27-9-3-10-28-55)66-36-18-14-34-62(66)64-50-72-82(52-68(64)85)91-80-42-22-40-78-84(80)87(72)70-48-58(54-25-7-2-8-26-54)44-46-76(70)89(78)74-38-20-16-32-60(74)56-29-11-4-12-30-56/h1-52H. The molecule has 0 saturated heterocycles. The molecule has 0 aromatic heterocycles. The Morgan fingerprint density at radius 2 is 0.582 bits per heavy atom. The number of para-hydroxylation sites is 2. The van der Waals surface area contributed by atoms with Gasteiger partial charge in [-0.3, -0.25) is 0 Å². The largest absolute Gasteiger partial charge is 0.458 e. The molecule has 91 heavy (non-hydrogen) atoms. The van der Waals surface area contributed by atoms with Crippen LogP contribution in [-0.4, -0.2) is 13.4 Å². The molecule has 4 heterocycles. The first-order valence-corrected chi connectivity index (χ1v) is 31.6. The van der Waals surface area contributed by atoms with E-state index in [-0.39, 0.29) is 13.4 Å². The van der Waals surface area contributed by atoms with Crippen molar-refractivity contribution in [1.82, 2.24) is 0 Å². The van der Waals surface area contributed by atoms with Crippen molar-refractivity contribution in [1.29, 1.82) is 0 Å². The summed E-state index contributed by atoms with van der Waals surface area (Å²) in [5.74, 6) is 3.50. The molecule has 0 N–H and O–H groups in total. The van der Waals surface area contributed by atoms with Crippen molar-refractivity contribution < 1.29 is 9.47 Å². The molecule has 6 heteroatoms. The van der Waals surface area contributed by atoms with E-state index >= 15 is 0 Å². The molecule has 0 unspecified atom stereocenters. The maximum Gasteiger partial charge on any atom is 0.256 e. The average Bonchev–Trinajstić information content (AvgIpc) is 1.54. The lowest BCUT2D eigenvalue weighted by Crippen LogP contribution is -2.59. The molecule has 4 aliphatic heterocycles. The van der Waals surface area contributed by atoms with Crippen LogP contribution in [0.5, 0.6) is 23.0 Å². The Labute approximate surface area is 529 Å². The highest BCUT2D eigenvalue weighted by atomic mass is 16.5. The first kappa shape index (κ1) is 50.4. The Morgan fingerprint density at radius 1 is 0.220 bits per heavy atom. The van der Waals surface area contributed by atoms with Crippen molar-refractivity contribution in [3.05, 3.63) is 338 Å². The van der Waals surface area contributed by atoms with E-state index in [1.165, 1.54) is 111 Å². The number of rotatable bonds is 6. The van der Waals surface area contributed by atoms with Gasteiger partial charge in [-0.25, -0.2) is 0 Å². The van der Waals surface area contributed by atoms with Crippen molar-refractivity contribution >= 4 is 80.3 Å². The second kappa shape index (κ2) is 19.2. The minimum atomic E-state index is -0.704. The lowest BCUT2D eigenvalue weighted by atomic mass is 9.34. The third-order valence-electron chi connectivity index (χ3n) is 20.4. The van der Waals surface area contributed by atoms with E-state index in [9.17, 15) is 0 Å². The van der Waals surface area contributed by atoms with Crippen LogP contribution < -0.4 is 52.1 Å². The summed E-state index contributed by atoms with van der Waals surface area (Å²) in [6.45, 7) is -0.278. The third kappa shape index (κ3) is 7.07. The minimum absolute atomic E-state index is 0.139. The predicted molar refractivity (Wildman–Crippen MR) is 376 cm³/mol. The molecule has 0 amide bonds. The van der Waals surface area contributed by atoms with E-state index in [0.29, 0.717) is 0 Å². The van der Waals surface area contributed by atoms with Crippen LogP contribution in [0.2, 0.25) is 0 Å². The van der Waals surface area contributed by atoms with E-state index in [1.54, 1.807) is 0 Å². The highest BCUT2D eigenvalue weighted by Crippen LogP contribution is 2.64. The van der Waals surface area contributed by atoms with E-state index in [2.05, 4.69) is 325 Å². The van der Waals surface area contributed by atoms with E-state index < -0.39 is 5.41 Å². The Kier molecular flexibility index (Phi) is 10.6. The van der Waals surface area contributed by atoms with Gasteiger partial charge in [0, 0.05) is 33.9 Å². The zero-order valence-electron chi connectivity index (χ0n) is 49.4. The molecular weight excluding hydrogens is 1100 g/mol. The van der Waals surface area contributed by atoms with Gasteiger partial charge in [-0.15, -0.1) is 0 Å². The maximum atomic E-state index is 7.52. The van der Waals surface area contributed by atoms with Crippen LogP contribution >= 0.6 is 0 Å². The van der Waals surface area contributed by atoms with Crippen molar-refractivity contribution in [2.75, 3.05) is 9.80 Å². The summed E-state index contributed by atoms with van der Waals surface area (Å²) in [4.78, 5) is 4.97. The molecule has 0 radical (unpaired) electrons. The molecule has 0 fully saturated rings. The fourth-order valence-corrected chi connectivity index (χ4v) is 16.7. The normalized spacial score (nSPS) is 13.9. The first-order chi connectivity index (χ1) is 45.2. The lowest BCUT2D eigenvalue weighted by molar-refractivity contribution is 0.485. The van der Waals surface area contributed by atoms with Crippen LogP contribution in [0.3, 0.4) is 0 Å². The highest BCUT2D eigenvalue weighted by Gasteiger charge is 2.55. The van der Waals surface area contributed by atoms with Crippen molar-refractivity contribution in [3.63, 3.8) is 0 Å². The first-order valence-electron chi connectivity index (χ1n) is 31.6. The number of benzene rings is 14. The Hall–Kier alpha value is -11.6. The summed E-state index contributed by atoms with van der Waals surface area (Å²) in [5.41, 5.74) is 32.5. The van der Waals surface area contributed by atoms with E-state index in [1.807, 2.05) is 0 Å². The summed E-state index contributed by atoms with van der Waals surface area (Å²) in [6, 6.07) is 117. The zero-order valence-corrected chi connectivity index (χ0v) is 49.4. The van der Waals surface area contributed by atoms with Crippen molar-refractivity contribution in [2.24, 2.45) is 0 Å². The minimum Gasteiger partial charge on any atom is -0.458 e. The molecule has 0 bridgehead atoms. The SMILES string of the molecule is c1ccc(-c2ccc3c(c2)B2c4cc5c(cc4Oc4cccc(c42)N3c2ccccc2-c2ccccc2)C2(c3ccccc3-5)c3ccccc3-c3cc4c(cc32)Oc2cccc3c2B4c2cc(-c4ccccc4)ccc2N3c2ccccc2-c2ccccc2)cc1. The van der Waals surface area contributed by atoms with Gasteiger partial charge in [0.1, 0.15) is 23.0 Å². The lowest BCUT2D eigenvalue weighted by Gasteiger charge is -2.41. The van der Waals surface area contributed by atoms with Crippen LogP contribution in [0.25, 0.3) is 66.8 Å². The second-order valence-electron chi connectivity index (χ2n) is 24.9. The van der Waals surface area contributed by atoms with Crippen molar-refractivity contribution in [2.45, 2.75) is 5.41 Å². The topological polar surface area (TPSA) is 24.9 Å². The molecule has 6 aliphatic rings. The van der Waals surface area contributed by atoms with Gasteiger partial charge in [-0.1, -0.05) is 255 Å². The molecule has 20 rings (SSSR count). The fraction of sp³-hybridized carbons (Fsp3) is 0.0118. The zero-order chi connectivity index (χ0) is 59.5. The maximum absolute atomic E-state index is 7.52. The van der Waals surface area contributed by atoms with Gasteiger partial charge >= 0.3 is 0 Å². The summed E-state index contributed by atoms with van der Waals surface area (Å²) in [5, 5.41) is 0. The quantitative estimate of drug-likeness (QED) is 0.155. The number of anilines is 6. The monoisotopic (exact) mass is 1150 g/mol. The van der Waals surface area contributed by atoms with E-state index in [4.69, 9.17) is 9.47 Å². The smallest absolute Gasteiger partial charge is 0.256 e. The second-order valence-corrected chi connectivity index (χ2v) is 24.9. The summed E-state index contributed by atoms with van der Waals surface area (Å²) < 4.78 is 15.0. The van der Waals surface area contributed by atoms with Crippen LogP contribution in [0.1, 0.15) is 22.3 Å². The molecule has 4 nitrogen and oxygen atoms in total.